The van der Waals surface area contributed by atoms with Gasteiger partial charge in [0, 0.05) is 6.20 Å². The van der Waals surface area contributed by atoms with Gasteiger partial charge in [-0.2, -0.15) is 0 Å². The number of pyridine rings is 1. The molecule has 2 aromatic rings. The lowest BCUT2D eigenvalue weighted by Crippen LogP contribution is -2.17. The highest BCUT2D eigenvalue weighted by molar-refractivity contribution is 6.38. The molecule has 0 radical (unpaired) electrons. The third kappa shape index (κ3) is 3.12. The minimum absolute atomic E-state index is 0.0281. The zero-order chi connectivity index (χ0) is 15.6. The maximum absolute atomic E-state index is 13.5. The van der Waals surface area contributed by atoms with Crippen molar-refractivity contribution in [2.75, 3.05) is 5.32 Å². The number of carboxylic acids is 1. The van der Waals surface area contributed by atoms with Gasteiger partial charge in [0.25, 0.3) is 5.91 Å². The number of nitrogens with zero attached hydrogens (tertiary/aromatic N) is 1. The van der Waals surface area contributed by atoms with Crippen LogP contribution in [0.25, 0.3) is 0 Å². The molecule has 0 aliphatic carbocycles. The smallest absolute Gasteiger partial charge is 0.339 e. The second-order valence-corrected chi connectivity index (χ2v) is 4.71. The van der Waals surface area contributed by atoms with Gasteiger partial charge in [-0.15, -0.1) is 0 Å². The summed E-state index contributed by atoms with van der Waals surface area (Å²) in [7, 11) is 0. The largest absolute Gasteiger partial charge is 0.478 e. The first-order chi connectivity index (χ1) is 9.91. The maximum atomic E-state index is 13.5. The molecule has 2 rings (SSSR count). The average molecular weight is 329 g/mol. The third-order valence-corrected chi connectivity index (χ3v) is 3.20. The normalized spacial score (nSPS) is 10.2. The van der Waals surface area contributed by atoms with Gasteiger partial charge >= 0.3 is 5.97 Å². The second-order valence-electron chi connectivity index (χ2n) is 3.89. The van der Waals surface area contributed by atoms with Gasteiger partial charge in [-0.3, -0.25) is 9.78 Å². The highest BCUT2D eigenvalue weighted by Gasteiger charge is 2.21. The number of benzene rings is 1. The molecule has 1 aromatic carbocycles. The Balaban J connectivity index is 2.45. The lowest BCUT2D eigenvalue weighted by Gasteiger charge is -2.12. The first-order valence-electron chi connectivity index (χ1n) is 5.54. The maximum Gasteiger partial charge on any atom is 0.339 e. The SMILES string of the molecule is O=C(Nc1c(Cl)ccc(Cl)c1C(=O)O)c1ccncc1F. The van der Waals surface area contributed by atoms with Crippen molar-refractivity contribution >= 4 is 40.8 Å². The van der Waals surface area contributed by atoms with Crippen molar-refractivity contribution in [2.45, 2.75) is 0 Å². The van der Waals surface area contributed by atoms with E-state index in [1.165, 1.54) is 18.3 Å². The van der Waals surface area contributed by atoms with Crippen LogP contribution in [0.1, 0.15) is 20.7 Å². The van der Waals surface area contributed by atoms with Crippen LogP contribution in [0.5, 0.6) is 0 Å². The molecule has 1 heterocycles. The molecule has 1 aromatic heterocycles. The van der Waals surface area contributed by atoms with Gasteiger partial charge < -0.3 is 10.4 Å². The van der Waals surface area contributed by atoms with Crippen LogP contribution < -0.4 is 5.32 Å². The summed E-state index contributed by atoms with van der Waals surface area (Å²) in [5, 5.41) is 11.3. The first kappa shape index (κ1) is 15.2. The van der Waals surface area contributed by atoms with E-state index in [0.717, 1.165) is 12.3 Å². The van der Waals surface area contributed by atoms with E-state index in [9.17, 15) is 14.0 Å². The summed E-state index contributed by atoms with van der Waals surface area (Å²) in [4.78, 5) is 26.7. The van der Waals surface area contributed by atoms with Crippen molar-refractivity contribution in [3.63, 3.8) is 0 Å². The number of aromatic nitrogens is 1. The molecule has 0 saturated carbocycles. The summed E-state index contributed by atoms with van der Waals surface area (Å²) in [6.07, 6.45) is 2.10. The monoisotopic (exact) mass is 328 g/mol. The standard InChI is InChI=1S/C13H7Cl2FN2O3/c14-7-1-2-8(15)11(10(7)13(20)21)18-12(19)6-3-4-17-5-9(6)16/h1-5H,(H,18,19)(H,20,21). The quantitative estimate of drug-likeness (QED) is 0.904. The number of aromatic carboxylic acids is 1. The zero-order valence-corrected chi connectivity index (χ0v) is 11.7. The van der Waals surface area contributed by atoms with Crippen molar-refractivity contribution in [1.29, 1.82) is 0 Å². The Kier molecular flexibility index (Phi) is 4.40. The molecule has 0 saturated heterocycles. The molecular weight excluding hydrogens is 322 g/mol. The van der Waals surface area contributed by atoms with Crippen LogP contribution in [-0.4, -0.2) is 22.0 Å². The van der Waals surface area contributed by atoms with Crippen LogP contribution in [0, 0.1) is 5.82 Å². The number of rotatable bonds is 3. The van der Waals surface area contributed by atoms with Crippen molar-refractivity contribution in [3.05, 3.63) is 57.6 Å². The molecule has 0 fully saturated rings. The summed E-state index contributed by atoms with van der Waals surface area (Å²) in [6, 6.07) is 3.77. The molecule has 0 atom stereocenters. The number of hydrogen-bond donors (Lipinski definition) is 2. The lowest BCUT2D eigenvalue weighted by molar-refractivity contribution is 0.0698. The summed E-state index contributed by atoms with van der Waals surface area (Å²) in [5.41, 5.74) is -0.859. The fourth-order valence-corrected chi connectivity index (χ4v) is 2.07. The van der Waals surface area contributed by atoms with Crippen LogP contribution in [0.3, 0.4) is 0 Å². The van der Waals surface area contributed by atoms with Gasteiger partial charge in [-0.1, -0.05) is 23.2 Å². The number of anilines is 1. The van der Waals surface area contributed by atoms with E-state index >= 15 is 0 Å². The number of hydrogen-bond acceptors (Lipinski definition) is 3. The Hall–Kier alpha value is -2.18. The third-order valence-electron chi connectivity index (χ3n) is 2.57. The highest BCUT2D eigenvalue weighted by atomic mass is 35.5. The number of carbonyl (C=O) groups is 2. The Morgan fingerprint density at radius 3 is 2.48 bits per heavy atom. The van der Waals surface area contributed by atoms with E-state index < -0.39 is 17.7 Å². The van der Waals surface area contributed by atoms with Gasteiger partial charge in [0.05, 0.1) is 27.5 Å². The average Bonchev–Trinajstić information content (AvgIpc) is 2.43. The van der Waals surface area contributed by atoms with Gasteiger partial charge in [-0.25, -0.2) is 9.18 Å². The number of amides is 1. The Labute approximate surface area is 128 Å². The Morgan fingerprint density at radius 1 is 1.19 bits per heavy atom. The van der Waals surface area contributed by atoms with Crippen LogP contribution >= 0.6 is 23.2 Å². The Morgan fingerprint density at radius 2 is 1.86 bits per heavy atom. The molecular formula is C13H7Cl2FN2O3. The van der Waals surface area contributed by atoms with Gasteiger partial charge in [0.2, 0.25) is 0 Å². The van der Waals surface area contributed by atoms with Crippen molar-refractivity contribution < 1.29 is 19.1 Å². The number of carbonyl (C=O) groups excluding carboxylic acids is 1. The van der Waals surface area contributed by atoms with E-state index in [1.54, 1.807) is 0 Å². The number of nitrogens with one attached hydrogen (secondary N) is 1. The molecule has 5 nitrogen and oxygen atoms in total. The molecule has 0 aliphatic rings. The van der Waals surface area contributed by atoms with Crippen molar-refractivity contribution in [3.8, 4) is 0 Å². The summed E-state index contributed by atoms with van der Waals surface area (Å²) in [5.74, 6) is -3.07. The van der Waals surface area contributed by atoms with Crippen LogP contribution in [0.4, 0.5) is 10.1 Å². The predicted molar refractivity (Wildman–Crippen MR) is 75.6 cm³/mol. The second kappa shape index (κ2) is 6.07. The molecule has 108 valence electrons. The molecule has 0 spiro atoms. The lowest BCUT2D eigenvalue weighted by atomic mass is 10.1. The van der Waals surface area contributed by atoms with E-state index in [0.29, 0.717) is 0 Å². The number of carboxylic acid groups (broad SMARTS) is 1. The van der Waals surface area contributed by atoms with Crippen LogP contribution in [0.2, 0.25) is 10.0 Å². The Bertz CT molecular complexity index is 737. The minimum atomic E-state index is -1.37. The molecule has 0 aliphatic heterocycles. The van der Waals surface area contributed by atoms with E-state index in [4.69, 9.17) is 28.3 Å². The van der Waals surface area contributed by atoms with Gasteiger partial charge in [0.1, 0.15) is 5.56 Å². The van der Waals surface area contributed by atoms with Gasteiger partial charge in [-0.05, 0) is 18.2 Å². The molecule has 2 N–H and O–H groups in total. The van der Waals surface area contributed by atoms with E-state index in [2.05, 4.69) is 10.3 Å². The molecule has 0 bridgehead atoms. The van der Waals surface area contributed by atoms with E-state index in [-0.39, 0.29) is 26.9 Å². The fraction of sp³-hybridized carbons (Fsp3) is 0. The first-order valence-corrected chi connectivity index (χ1v) is 6.29. The molecule has 0 unspecified atom stereocenters. The van der Waals surface area contributed by atoms with Crippen LogP contribution in [-0.2, 0) is 0 Å². The molecule has 21 heavy (non-hydrogen) atoms. The fourth-order valence-electron chi connectivity index (χ4n) is 1.62. The van der Waals surface area contributed by atoms with Gasteiger partial charge in [0.15, 0.2) is 5.82 Å². The predicted octanol–water partition coefficient (Wildman–Crippen LogP) is 3.48. The topological polar surface area (TPSA) is 79.3 Å². The minimum Gasteiger partial charge on any atom is -0.478 e. The molecule has 1 amide bonds. The number of halogens is 3. The van der Waals surface area contributed by atoms with Crippen molar-refractivity contribution in [2.24, 2.45) is 0 Å². The molecule has 8 heteroatoms. The summed E-state index contributed by atoms with van der Waals surface area (Å²) in [6.45, 7) is 0. The van der Waals surface area contributed by atoms with Crippen LogP contribution in [0.15, 0.2) is 30.6 Å². The van der Waals surface area contributed by atoms with E-state index in [1.807, 2.05) is 0 Å². The highest BCUT2D eigenvalue weighted by Crippen LogP contribution is 2.32. The summed E-state index contributed by atoms with van der Waals surface area (Å²) >= 11 is 11.7. The summed E-state index contributed by atoms with van der Waals surface area (Å²) < 4.78 is 13.5. The van der Waals surface area contributed by atoms with Crippen molar-refractivity contribution in [1.82, 2.24) is 4.98 Å². The zero-order valence-electron chi connectivity index (χ0n) is 10.2.